The number of rotatable bonds is 9. The van der Waals surface area contributed by atoms with Crippen molar-refractivity contribution in [2.45, 2.75) is 57.7 Å². The summed E-state index contributed by atoms with van der Waals surface area (Å²) in [5.41, 5.74) is 2.58. The summed E-state index contributed by atoms with van der Waals surface area (Å²) >= 11 is 0. The molecule has 0 aromatic heterocycles. The summed E-state index contributed by atoms with van der Waals surface area (Å²) in [6.45, 7) is 2.80. The minimum absolute atomic E-state index is 0.171. The van der Waals surface area contributed by atoms with Gasteiger partial charge in [0.25, 0.3) is 0 Å². The Balaban J connectivity index is 1.41. The number of hydrogen-bond donors (Lipinski definition) is 0. The highest BCUT2D eigenvalue weighted by Crippen LogP contribution is 2.33. The van der Waals surface area contributed by atoms with E-state index in [1.165, 1.54) is 37.7 Å². The van der Waals surface area contributed by atoms with Crippen molar-refractivity contribution in [3.63, 3.8) is 0 Å². The third-order valence-electron chi connectivity index (χ3n) is 5.16. The standard InChI is InChI=1S/C24H29NO3/c1-19-7-11-23(12-8-19)28-24(15-16-25)27-18-17-26-22-13-9-21(10-14-22)20-5-3-2-4-6-20/h7-14,20,24H,2-6,15,17-18H2,1H3. The van der Waals surface area contributed by atoms with Crippen molar-refractivity contribution in [1.82, 2.24) is 0 Å². The van der Waals surface area contributed by atoms with Crippen LogP contribution in [0.15, 0.2) is 48.5 Å². The zero-order valence-corrected chi connectivity index (χ0v) is 16.6. The summed E-state index contributed by atoms with van der Waals surface area (Å²) in [5.74, 6) is 2.25. The van der Waals surface area contributed by atoms with Gasteiger partial charge in [-0.1, -0.05) is 49.1 Å². The average molecular weight is 380 g/mol. The van der Waals surface area contributed by atoms with Crippen LogP contribution in [0.2, 0.25) is 0 Å². The van der Waals surface area contributed by atoms with Gasteiger partial charge in [0.15, 0.2) is 0 Å². The van der Waals surface area contributed by atoms with Gasteiger partial charge in [0.05, 0.1) is 19.1 Å². The largest absolute Gasteiger partial charge is 0.491 e. The number of nitriles is 1. The minimum Gasteiger partial charge on any atom is -0.491 e. The van der Waals surface area contributed by atoms with Crippen LogP contribution in [-0.2, 0) is 4.74 Å². The van der Waals surface area contributed by atoms with Crippen LogP contribution >= 0.6 is 0 Å². The molecule has 1 saturated carbocycles. The Morgan fingerprint density at radius 2 is 1.61 bits per heavy atom. The second-order valence-corrected chi connectivity index (χ2v) is 7.35. The molecule has 4 heteroatoms. The minimum atomic E-state index is -0.593. The molecule has 4 nitrogen and oxygen atoms in total. The SMILES string of the molecule is Cc1ccc(OC(CC#N)OCCOc2ccc(C3CCCCC3)cc2)cc1. The first kappa shape index (κ1) is 20.2. The van der Waals surface area contributed by atoms with Crippen molar-refractivity contribution in [2.75, 3.05) is 13.2 Å². The fraction of sp³-hybridized carbons (Fsp3) is 0.458. The van der Waals surface area contributed by atoms with Gasteiger partial charge >= 0.3 is 0 Å². The maximum atomic E-state index is 8.99. The van der Waals surface area contributed by atoms with Crippen LogP contribution in [0.25, 0.3) is 0 Å². The molecule has 0 saturated heterocycles. The van der Waals surface area contributed by atoms with Gasteiger partial charge in [0.1, 0.15) is 18.1 Å². The molecule has 1 aliphatic rings. The quantitative estimate of drug-likeness (QED) is 0.411. The molecule has 0 amide bonds. The molecule has 0 N–H and O–H groups in total. The van der Waals surface area contributed by atoms with Crippen molar-refractivity contribution in [1.29, 1.82) is 5.26 Å². The van der Waals surface area contributed by atoms with E-state index >= 15 is 0 Å². The lowest BCUT2D eigenvalue weighted by atomic mass is 9.84. The van der Waals surface area contributed by atoms with Gasteiger partial charge in [-0.2, -0.15) is 5.26 Å². The van der Waals surface area contributed by atoms with E-state index in [-0.39, 0.29) is 6.42 Å². The molecule has 1 fully saturated rings. The highest BCUT2D eigenvalue weighted by molar-refractivity contribution is 5.29. The molecule has 1 aliphatic carbocycles. The van der Waals surface area contributed by atoms with Crippen LogP contribution in [0, 0.1) is 18.3 Å². The van der Waals surface area contributed by atoms with Gasteiger partial charge in [-0.25, -0.2) is 0 Å². The summed E-state index contributed by atoms with van der Waals surface area (Å²) in [5, 5.41) is 8.99. The van der Waals surface area contributed by atoms with Gasteiger partial charge in [-0.3, -0.25) is 0 Å². The predicted octanol–water partition coefficient (Wildman–Crippen LogP) is 5.76. The van der Waals surface area contributed by atoms with Crippen LogP contribution < -0.4 is 9.47 Å². The van der Waals surface area contributed by atoms with E-state index in [0.717, 1.165) is 11.3 Å². The maximum absolute atomic E-state index is 8.99. The molecule has 28 heavy (non-hydrogen) atoms. The Hall–Kier alpha value is -2.51. The monoisotopic (exact) mass is 379 g/mol. The van der Waals surface area contributed by atoms with Gasteiger partial charge in [-0.05, 0) is 55.5 Å². The van der Waals surface area contributed by atoms with Crippen molar-refractivity contribution >= 4 is 0 Å². The lowest BCUT2D eigenvalue weighted by molar-refractivity contribution is -0.0830. The van der Waals surface area contributed by atoms with Gasteiger partial charge in [-0.15, -0.1) is 0 Å². The van der Waals surface area contributed by atoms with E-state index in [4.69, 9.17) is 19.5 Å². The van der Waals surface area contributed by atoms with Gasteiger partial charge < -0.3 is 14.2 Å². The van der Waals surface area contributed by atoms with E-state index in [2.05, 4.69) is 18.2 Å². The van der Waals surface area contributed by atoms with Crippen molar-refractivity contribution < 1.29 is 14.2 Å². The molecule has 1 atom stereocenters. The number of benzene rings is 2. The van der Waals surface area contributed by atoms with E-state index in [1.807, 2.05) is 43.3 Å². The normalized spacial score (nSPS) is 15.6. The van der Waals surface area contributed by atoms with Crippen molar-refractivity contribution in [3.05, 3.63) is 59.7 Å². The molecule has 0 heterocycles. The molecule has 0 radical (unpaired) electrons. The van der Waals surface area contributed by atoms with Crippen LogP contribution in [0.1, 0.15) is 55.6 Å². The first-order valence-corrected chi connectivity index (χ1v) is 10.2. The fourth-order valence-corrected chi connectivity index (χ4v) is 3.59. The Bertz CT molecular complexity index is 743. The third-order valence-corrected chi connectivity index (χ3v) is 5.16. The summed E-state index contributed by atoms with van der Waals surface area (Å²) < 4.78 is 17.2. The van der Waals surface area contributed by atoms with E-state index in [1.54, 1.807) is 0 Å². The average Bonchev–Trinajstić information content (AvgIpc) is 2.74. The molecule has 1 unspecified atom stereocenters. The number of ether oxygens (including phenoxy) is 3. The summed E-state index contributed by atoms with van der Waals surface area (Å²) in [7, 11) is 0. The van der Waals surface area contributed by atoms with Crippen molar-refractivity contribution in [3.8, 4) is 17.6 Å². The van der Waals surface area contributed by atoms with Gasteiger partial charge in [0.2, 0.25) is 6.29 Å². The van der Waals surface area contributed by atoms with Crippen LogP contribution in [-0.4, -0.2) is 19.5 Å². The van der Waals surface area contributed by atoms with Crippen LogP contribution in [0.4, 0.5) is 0 Å². The van der Waals surface area contributed by atoms with E-state index in [0.29, 0.717) is 24.9 Å². The molecule has 148 valence electrons. The Kier molecular flexibility index (Phi) is 7.75. The highest BCUT2D eigenvalue weighted by Gasteiger charge is 2.15. The van der Waals surface area contributed by atoms with Crippen LogP contribution in [0.3, 0.4) is 0 Å². The first-order chi connectivity index (χ1) is 13.7. The molecule has 0 bridgehead atoms. The molecular weight excluding hydrogens is 350 g/mol. The predicted molar refractivity (Wildman–Crippen MR) is 110 cm³/mol. The lowest BCUT2D eigenvalue weighted by Crippen LogP contribution is -2.23. The second-order valence-electron chi connectivity index (χ2n) is 7.35. The summed E-state index contributed by atoms with van der Waals surface area (Å²) in [6.07, 6.45) is 6.24. The van der Waals surface area contributed by atoms with Crippen LogP contribution in [0.5, 0.6) is 11.5 Å². The zero-order chi connectivity index (χ0) is 19.6. The highest BCUT2D eigenvalue weighted by atomic mass is 16.7. The Morgan fingerprint density at radius 3 is 2.29 bits per heavy atom. The molecule has 2 aromatic rings. The Labute approximate surface area is 168 Å². The molecular formula is C24H29NO3. The van der Waals surface area contributed by atoms with E-state index in [9.17, 15) is 0 Å². The molecule has 0 aliphatic heterocycles. The van der Waals surface area contributed by atoms with Gasteiger partial charge in [0, 0.05) is 0 Å². The topological polar surface area (TPSA) is 51.5 Å². The number of aryl methyl sites for hydroxylation is 1. The second kappa shape index (κ2) is 10.7. The Morgan fingerprint density at radius 1 is 0.929 bits per heavy atom. The third kappa shape index (κ3) is 6.28. The number of nitrogens with zero attached hydrogens (tertiary/aromatic N) is 1. The maximum Gasteiger partial charge on any atom is 0.213 e. The van der Waals surface area contributed by atoms with Crippen molar-refractivity contribution in [2.24, 2.45) is 0 Å². The smallest absolute Gasteiger partial charge is 0.213 e. The molecule has 0 spiro atoms. The number of hydrogen-bond acceptors (Lipinski definition) is 4. The first-order valence-electron chi connectivity index (χ1n) is 10.2. The summed E-state index contributed by atoms with van der Waals surface area (Å²) in [4.78, 5) is 0. The zero-order valence-electron chi connectivity index (χ0n) is 16.6. The molecule has 3 rings (SSSR count). The fourth-order valence-electron chi connectivity index (χ4n) is 3.59. The lowest BCUT2D eigenvalue weighted by Gasteiger charge is -2.22. The summed E-state index contributed by atoms with van der Waals surface area (Å²) in [6, 6.07) is 18.3. The van der Waals surface area contributed by atoms with E-state index < -0.39 is 6.29 Å². The molecule has 2 aromatic carbocycles.